The van der Waals surface area contributed by atoms with Gasteiger partial charge in [0.25, 0.3) is 6.08 Å². The van der Waals surface area contributed by atoms with Gasteiger partial charge in [0.1, 0.15) is 0 Å². The highest BCUT2D eigenvalue weighted by atomic mass is 28.4. The van der Waals surface area contributed by atoms with Crippen molar-refractivity contribution < 1.29 is 13.2 Å². The maximum Gasteiger partial charge on any atom is 0.271 e. The van der Waals surface area contributed by atoms with Crippen LogP contribution in [0, 0.1) is 0 Å². The second-order valence-corrected chi connectivity index (χ2v) is 11.9. The lowest BCUT2D eigenvalue weighted by atomic mass is 10.0. The summed E-state index contributed by atoms with van der Waals surface area (Å²) in [6.07, 6.45) is 3.07. The highest BCUT2D eigenvalue weighted by molar-refractivity contribution is 6.74. The number of halogens is 2. The van der Waals surface area contributed by atoms with Gasteiger partial charge in [-0.25, -0.2) is 0 Å². The number of rotatable bonds is 8. The average Bonchev–Trinajstić information content (AvgIpc) is 2.30. The molecule has 0 aliphatic heterocycles. The highest BCUT2D eigenvalue weighted by Gasteiger charge is 2.39. The topological polar surface area (TPSA) is 9.23 Å². The summed E-state index contributed by atoms with van der Waals surface area (Å²) >= 11 is 0. The van der Waals surface area contributed by atoms with Crippen LogP contribution in [0.5, 0.6) is 0 Å². The molecule has 1 unspecified atom stereocenters. The molecule has 20 heavy (non-hydrogen) atoms. The molecule has 0 bridgehead atoms. The van der Waals surface area contributed by atoms with E-state index in [9.17, 15) is 8.78 Å². The first-order chi connectivity index (χ1) is 9.03. The molecule has 0 saturated heterocycles. The first kappa shape index (κ1) is 19.8. The molecule has 0 N–H and O–H groups in total. The van der Waals surface area contributed by atoms with Crippen molar-refractivity contribution in [2.45, 2.75) is 91.0 Å². The van der Waals surface area contributed by atoms with Gasteiger partial charge in [0.15, 0.2) is 8.32 Å². The molecule has 4 heteroatoms. The predicted octanol–water partition coefficient (Wildman–Crippen LogP) is 6.52. The van der Waals surface area contributed by atoms with E-state index < -0.39 is 20.5 Å². The van der Waals surface area contributed by atoms with Crippen molar-refractivity contribution in [3.8, 4) is 0 Å². The van der Waals surface area contributed by atoms with Crippen LogP contribution in [0.15, 0.2) is 11.7 Å². The minimum atomic E-state index is -2.01. The Morgan fingerprint density at radius 1 is 1.10 bits per heavy atom. The summed E-state index contributed by atoms with van der Waals surface area (Å²) in [4.78, 5) is 0. The van der Waals surface area contributed by atoms with Gasteiger partial charge in [0.05, 0.1) is 6.10 Å². The van der Waals surface area contributed by atoms with Crippen molar-refractivity contribution in [2.24, 2.45) is 0 Å². The van der Waals surface area contributed by atoms with Crippen LogP contribution >= 0.6 is 0 Å². The summed E-state index contributed by atoms with van der Waals surface area (Å²) in [6.45, 7) is 14.3. The maximum absolute atomic E-state index is 12.9. The Hall–Kier alpha value is -0.223. The fraction of sp³-hybridized carbons (Fsp3) is 0.875. The zero-order chi connectivity index (χ0) is 16.0. The standard InChI is InChI=1S/C16H32F2OSi/c1-8-9-10-11-12-14(13(2)15(17)18)19-20(6,7)16(3,4)5/h14H,8-12H2,1-7H3. The van der Waals surface area contributed by atoms with Crippen molar-refractivity contribution in [3.63, 3.8) is 0 Å². The minimum absolute atomic E-state index is 0.0434. The zero-order valence-corrected chi connectivity index (χ0v) is 15.3. The summed E-state index contributed by atoms with van der Waals surface area (Å²) in [5.74, 6) is 0. The highest BCUT2D eigenvalue weighted by Crippen LogP contribution is 2.39. The molecule has 0 rings (SSSR count). The van der Waals surface area contributed by atoms with Crippen LogP contribution in [0.3, 0.4) is 0 Å². The molecule has 0 amide bonds. The van der Waals surface area contributed by atoms with E-state index in [-0.39, 0.29) is 10.6 Å². The number of hydrogen-bond donors (Lipinski definition) is 0. The summed E-state index contributed by atoms with van der Waals surface area (Å²) < 4.78 is 32.1. The first-order valence-electron chi connectivity index (χ1n) is 7.72. The molecule has 0 heterocycles. The van der Waals surface area contributed by atoms with Gasteiger partial charge in [-0.1, -0.05) is 53.4 Å². The average molecular weight is 307 g/mol. The fourth-order valence-corrected chi connectivity index (χ4v) is 3.13. The SMILES string of the molecule is CCCCCCC(O[Si](C)(C)C(C)(C)C)C(C)=C(F)F. The van der Waals surface area contributed by atoms with Gasteiger partial charge in [-0.05, 0) is 31.5 Å². The monoisotopic (exact) mass is 306 g/mol. The Kier molecular flexibility index (Phi) is 8.18. The van der Waals surface area contributed by atoms with Crippen molar-refractivity contribution in [2.75, 3.05) is 0 Å². The van der Waals surface area contributed by atoms with E-state index in [0.29, 0.717) is 6.42 Å². The van der Waals surface area contributed by atoms with Crippen LogP contribution in [0.25, 0.3) is 0 Å². The molecule has 0 aliphatic carbocycles. The molecule has 1 atom stereocenters. The molecule has 0 aromatic heterocycles. The van der Waals surface area contributed by atoms with Crippen LogP contribution in [0.2, 0.25) is 18.1 Å². The van der Waals surface area contributed by atoms with E-state index in [4.69, 9.17) is 4.43 Å². The molecule has 0 fully saturated rings. The van der Waals surface area contributed by atoms with E-state index >= 15 is 0 Å². The Morgan fingerprint density at radius 2 is 1.65 bits per heavy atom. The Balaban J connectivity index is 4.84. The summed E-state index contributed by atoms with van der Waals surface area (Å²) in [7, 11) is -2.01. The third kappa shape index (κ3) is 6.49. The third-order valence-electron chi connectivity index (χ3n) is 4.34. The Labute approximate surface area is 124 Å². The van der Waals surface area contributed by atoms with Crippen molar-refractivity contribution in [1.82, 2.24) is 0 Å². The van der Waals surface area contributed by atoms with E-state index in [1.54, 1.807) is 0 Å². The van der Waals surface area contributed by atoms with Crippen molar-refractivity contribution >= 4 is 8.32 Å². The molecule has 0 aliphatic rings. The van der Waals surface area contributed by atoms with E-state index in [1.807, 2.05) is 0 Å². The van der Waals surface area contributed by atoms with Gasteiger partial charge in [-0.15, -0.1) is 0 Å². The number of hydrogen-bond acceptors (Lipinski definition) is 1. The predicted molar refractivity (Wildman–Crippen MR) is 85.7 cm³/mol. The minimum Gasteiger partial charge on any atom is -0.410 e. The molecule has 1 nitrogen and oxygen atoms in total. The molecule has 0 aromatic rings. The fourth-order valence-electron chi connectivity index (χ4n) is 1.77. The Morgan fingerprint density at radius 3 is 2.05 bits per heavy atom. The van der Waals surface area contributed by atoms with Gasteiger partial charge in [-0.3, -0.25) is 0 Å². The molecule has 120 valence electrons. The van der Waals surface area contributed by atoms with E-state index in [2.05, 4.69) is 40.8 Å². The molecular formula is C16H32F2OSi. The van der Waals surface area contributed by atoms with Gasteiger partial charge < -0.3 is 4.43 Å². The zero-order valence-electron chi connectivity index (χ0n) is 14.3. The van der Waals surface area contributed by atoms with Crippen molar-refractivity contribution in [1.29, 1.82) is 0 Å². The van der Waals surface area contributed by atoms with Gasteiger partial charge in [0.2, 0.25) is 0 Å². The summed E-state index contributed by atoms with van der Waals surface area (Å²) in [6, 6.07) is 0. The van der Waals surface area contributed by atoms with Crippen molar-refractivity contribution in [3.05, 3.63) is 11.7 Å². The van der Waals surface area contributed by atoms with Crippen LogP contribution < -0.4 is 0 Å². The van der Waals surface area contributed by atoms with E-state index in [0.717, 1.165) is 25.7 Å². The Bertz CT molecular complexity index is 315. The second-order valence-electron chi connectivity index (χ2n) is 7.16. The maximum atomic E-state index is 12.9. The van der Waals surface area contributed by atoms with Crippen LogP contribution in [0.4, 0.5) is 8.78 Å². The lowest BCUT2D eigenvalue weighted by Crippen LogP contribution is -2.44. The normalized spacial score (nSPS) is 14.2. The molecule has 0 aromatic carbocycles. The number of unbranched alkanes of at least 4 members (excludes halogenated alkanes) is 3. The van der Waals surface area contributed by atoms with Crippen LogP contribution in [-0.2, 0) is 4.43 Å². The van der Waals surface area contributed by atoms with Gasteiger partial charge in [-0.2, -0.15) is 8.78 Å². The lowest BCUT2D eigenvalue weighted by molar-refractivity contribution is 0.191. The van der Waals surface area contributed by atoms with Gasteiger partial charge in [0, 0.05) is 5.57 Å². The third-order valence-corrected chi connectivity index (χ3v) is 8.83. The smallest absolute Gasteiger partial charge is 0.271 e. The molecular weight excluding hydrogens is 274 g/mol. The molecule has 0 radical (unpaired) electrons. The summed E-state index contributed by atoms with van der Waals surface area (Å²) in [5, 5.41) is 0.0434. The largest absolute Gasteiger partial charge is 0.410 e. The first-order valence-corrected chi connectivity index (χ1v) is 10.6. The molecule has 0 spiro atoms. The van der Waals surface area contributed by atoms with Gasteiger partial charge >= 0.3 is 0 Å². The molecule has 0 saturated carbocycles. The second kappa shape index (κ2) is 8.28. The van der Waals surface area contributed by atoms with E-state index in [1.165, 1.54) is 6.92 Å². The van der Waals surface area contributed by atoms with Crippen LogP contribution in [-0.4, -0.2) is 14.4 Å². The van der Waals surface area contributed by atoms with Crippen LogP contribution in [0.1, 0.15) is 66.7 Å². The quantitative estimate of drug-likeness (QED) is 0.366. The summed E-state index contributed by atoms with van der Waals surface area (Å²) in [5.41, 5.74) is 0.117. The lowest BCUT2D eigenvalue weighted by Gasteiger charge is -2.39.